The standard InChI is InChI=1S/C18H16N2O5S/c1-10-9-11(5-7-14(10)19)18(22)20-15-8-6-12-13(17(15)21)3-2-4-16(12)26(23,24)25/h2-9,21H,19H2,1H3,(H,20,22)(H,23,24,25). The summed E-state index contributed by atoms with van der Waals surface area (Å²) in [6.45, 7) is 1.77. The number of benzene rings is 3. The highest BCUT2D eigenvalue weighted by Gasteiger charge is 2.18. The number of carbonyl (C=O) groups is 1. The van der Waals surface area contributed by atoms with Gasteiger partial charge in [0, 0.05) is 22.0 Å². The van der Waals surface area contributed by atoms with Gasteiger partial charge in [0.15, 0.2) is 0 Å². The van der Waals surface area contributed by atoms with E-state index in [0.717, 1.165) is 5.56 Å². The lowest BCUT2D eigenvalue weighted by atomic mass is 10.1. The molecule has 0 aliphatic rings. The van der Waals surface area contributed by atoms with Gasteiger partial charge in [-0.25, -0.2) is 0 Å². The number of nitrogens with two attached hydrogens (primary N) is 1. The predicted molar refractivity (Wildman–Crippen MR) is 99.0 cm³/mol. The molecule has 0 aromatic heterocycles. The van der Waals surface area contributed by atoms with E-state index < -0.39 is 16.0 Å². The minimum atomic E-state index is -4.44. The number of rotatable bonds is 3. The first-order valence-electron chi connectivity index (χ1n) is 7.58. The molecule has 0 atom stereocenters. The number of hydrogen-bond acceptors (Lipinski definition) is 5. The van der Waals surface area contributed by atoms with Crippen molar-refractivity contribution < 1.29 is 22.9 Å². The van der Waals surface area contributed by atoms with Crippen LogP contribution in [-0.4, -0.2) is 24.0 Å². The summed E-state index contributed by atoms with van der Waals surface area (Å²) >= 11 is 0. The number of hydrogen-bond donors (Lipinski definition) is 4. The summed E-state index contributed by atoms with van der Waals surface area (Å²) in [5, 5.41) is 13.3. The first kappa shape index (κ1) is 17.7. The van der Waals surface area contributed by atoms with E-state index in [4.69, 9.17) is 5.73 Å². The fourth-order valence-electron chi connectivity index (χ4n) is 2.65. The molecule has 134 valence electrons. The molecular formula is C18H16N2O5S. The Hall–Kier alpha value is -3.10. The highest BCUT2D eigenvalue weighted by atomic mass is 32.2. The molecule has 1 amide bonds. The van der Waals surface area contributed by atoms with E-state index >= 15 is 0 Å². The zero-order chi connectivity index (χ0) is 19.1. The summed E-state index contributed by atoms with van der Waals surface area (Å²) in [4.78, 5) is 12.1. The van der Waals surface area contributed by atoms with Crippen LogP contribution in [0.15, 0.2) is 53.4 Å². The summed E-state index contributed by atoms with van der Waals surface area (Å²) in [6, 6.07) is 11.7. The van der Waals surface area contributed by atoms with Crippen LogP contribution in [0.1, 0.15) is 15.9 Å². The van der Waals surface area contributed by atoms with Gasteiger partial charge in [-0.3, -0.25) is 9.35 Å². The van der Waals surface area contributed by atoms with Crippen molar-refractivity contribution >= 4 is 38.2 Å². The summed E-state index contributed by atoms with van der Waals surface area (Å²) in [5.74, 6) is -0.748. The zero-order valence-electron chi connectivity index (χ0n) is 13.7. The van der Waals surface area contributed by atoms with E-state index in [2.05, 4.69) is 5.32 Å². The van der Waals surface area contributed by atoms with Crippen molar-refractivity contribution in [2.75, 3.05) is 11.1 Å². The molecule has 5 N–H and O–H groups in total. The number of anilines is 2. The lowest BCUT2D eigenvalue weighted by Crippen LogP contribution is -2.12. The third kappa shape index (κ3) is 3.19. The van der Waals surface area contributed by atoms with Crippen LogP contribution >= 0.6 is 0 Å². The lowest BCUT2D eigenvalue weighted by Gasteiger charge is -2.12. The van der Waals surface area contributed by atoms with Crippen LogP contribution < -0.4 is 11.1 Å². The molecule has 7 nitrogen and oxygen atoms in total. The highest BCUT2D eigenvalue weighted by Crippen LogP contribution is 2.35. The van der Waals surface area contributed by atoms with E-state index in [1.54, 1.807) is 25.1 Å². The van der Waals surface area contributed by atoms with Crippen LogP contribution in [0.5, 0.6) is 5.75 Å². The van der Waals surface area contributed by atoms with Crippen molar-refractivity contribution in [3.63, 3.8) is 0 Å². The molecule has 0 aliphatic carbocycles. The summed E-state index contributed by atoms with van der Waals surface area (Å²) in [7, 11) is -4.44. The summed E-state index contributed by atoms with van der Waals surface area (Å²) in [5.41, 5.74) is 7.53. The number of aryl methyl sites for hydroxylation is 1. The summed E-state index contributed by atoms with van der Waals surface area (Å²) in [6.07, 6.45) is 0. The number of phenolic OH excluding ortho intramolecular Hbond substituents is 1. The molecule has 3 aromatic carbocycles. The van der Waals surface area contributed by atoms with Gasteiger partial charge in [0.1, 0.15) is 10.6 Å². The van der Waals surface area contributed by atoms with Crippen LogP contribution in [0.2, 0.25) is 0 Å². The van der Waals surface area contributed by atoms with Gasteiger partial charge in [-0.2, -0.15) is 8.42 Å². The Bertz CT molecular complexity index is 1140. The fraction of sp³-hybridized carbons (Fsp3) is 0.0556. The van der Waals surface area contributed by atoms with Crippen molar-refractivity contribution in [1.29, 1.82) is 0 Å². The Labute approximate surface area is 149 Å². The van der Waals surface area contributed by atoms with Crippen LogP contribution in [0.25, 0.3) is 10.8 Å². The Balaban J connectivity index is 2.03. The summed E-state index contributed by atoms with van der Waals surface area (Å²) < 4.78 is 32.2. The Morgan fingerprint density at radius 3 is 2.46 bits per heavy atom. The molecule has 3 rings (SSSR count). The van der Waals surface area contributed by atoms with E-state index in [0.29, 0.717) is 11.3 Å². The molecule has 0 heterocycles. The van der Waals surface area contributed by atoms with Gasteiger partial charge in [-0.1, -0.05) is 18.2 Å². The van der Waals surface area contributed by atoms with Gasteiger partial charge >= 0.3 is 0 Å². The fourth-order valence-corrected chi connectivity index (χ4v) is 3.36. The average Bonchev–Trinajstić information content (AvgIpc) is 2.58. The molecule has 0 fully saturated rings. The first-order chi connectivity index (χ1) is 12.2. The number of fused-ring (bicyclic) bond motifs is 1. The van der Waals surface area contributed by atoms with Crippen LogP contribution in [-0.2, 0) is 10.1 Å². The predicted octanol–water partition coefficient (Wildman–Crippen LogP) is 2.94. The normalized spacial score (nSPS) is 11.5. The molecule has 0 unspecified atom stereocenters. The second-order valence-electron chi connectivity index (χ2n) is 5.81. The second kappa shape index (κ2) is 6.32. The number of phenols is 1. The topological polar surface area (TPSA) is 130 Å². The van der Waals surface area contributed by atoms with E-state index in [-0.39, 0.29) is 27.1 Å². The highest BCUT2D eigenvalue weighted by molar-refractivity contribution is 7.86. The Morgan fingerprint density at radius 2 is 1.81 bits per heavy atom. The number of aromatic hydroxyl groups is 1. The van der Waals surface area contributed by atoms with Crippen molar-refractivity contribution in [1.82, 2.24) is 0 Å². The van der Waals surface area contributed by atoms with Gasteiger partial charge < -0.3 is 16.2 Å². The van der Waals surface area contributed by atoms with Gasteiger partial charge in [0.05, 0.1) is 5.69 Å². The second-order valence-corrected chi connectivity index (χ2v) is 7.20. The maximum atomic E-state index is 12.4. The van der Waals surface area contributed by atoms with Gasteiger partial charge in [-0.05, 0) is 42.8 Å². The monoisotopic (exact) mass is 372 g/mol. The van der Waals surface area contributed by atoms with Crippen molar-refractivity contribution in [3.8, 4) is 5.75 Å². The quantitative estimate of drug-likeness (QED) is 0.318. The van der Waals surface area contributed by atoms with Crippen molar-refractivity contribution in [2.24, 2.45) is 0 Å². The smallest absolute Gasteiger partial charge is 0.295 e. The largest absolute Gasteiger partial charge is 0.505 e. The molecular weight excluding hydrogens is 356 g/mol. The molecule has 3 aromatic rings. The number of carbonyl (C=O) groups excluding carboxylic acids is 1. The molecule has 0 radical (unpaired) electrons. The molecule has 26 heavy (non-hydrogen) atoms. The van der Waals surface area contributed by atoms with Gasteiger partial charge in [-0.15, -0.1) is 0 Å². The van der Waals surface area contributed by atoms with Crippen molar-refractivity contribution in [3.05, 3.63) is 59.7 Å². The number of nitrogens with one attached hydrogen (secondary N) is 1. The average molecular weight is 372 g/mol. The van der Waals surface area contributed by atoms with Gasteiger partial charge in [0.2, 0.25) is 0 Å². The number of nitrogen functional groups attached to an aromatic ring is 1. The molecule has 8 heteroatoms. The third-order valence-corrected chi connectivity index (χ3v) is 4.96. The molecule has 0 spiro atoms. The van der Waals surface area contributed by atoms with E-state index in [1.807, 2.05) is 0 Å². The molecule has 0 bridgehead atoms. The minimum Gasteiger partial charge on any atom is -0.505 e. The van der Waals surface area contributed by atoms with Crippen LogP contribution in [0, 0.1) is 6.92 Å². The molecule has 0 saturated carbocycles. The van der Waals surface area contributed by atoms with Crippen molar-refractivity contribution in [2.45, 2.75) is 11.8 Å². The molecule has 0 saturated heterocycles. The number of amides is 1. The lowest BCUT2D eigenvalue weighted by molar-refractivity contribution is 0.102. The maximum Gasteiger partial charge on any atom is 0.295 e. The Morgan fingerprint density at radius 1 is 1.08 bits per heavy atom. The van der Waals surface area contributed by atoms with E-state index in [1.165, 1.54) is 30.3 Å². The first-order valence-corrected chi connectivity index (χ1v) is 9.02. The van der Waals surface area contributed by atoms with Crippen LogP contribution in [0.3, 0.4) is 0 Å². The zero-order valence-corrected chi connectivity index (χ0v) is 14.5. The third-order valence-electron chi connectivity index (χ3n) is 4.05. The van der Waals surface area contributed by atoms with E-state index in [9.17, 15) is 22.9 Å². The van der Waals surface area contributed by atoms with Crippen LogP contribution in [0.4, 0.5) is 11.4 Å². The maximum absolute atomic E-state index is 12.4. The SMILES string of the molecule is Cc1cc(C(=O)Nc2ccc3c(S(=O)(=O)O)cccc3c2O)ccc1N. The van der Waals surface area contributed by atoms with Gasteiger partial charge in [0.25, 0.3) is 16.0 Å². The minimum absolute atomic E-state index is 0.115. The molecule has 0 aliphatic heterocycles. The Kier molecular flexibility index (Phi) is 4.31.